The minimum absolute atomic E-state index is 0.553. The van der Waals surface area contributed by atoms with Crippen LogP contribution in [0.2, 0.25) is 0 Å². The van der Waals surface area contributed by atoms with Crippen LogP contribution in [0, 0.1) is 17.8 Å². The Morgan fingerprint density at radius 1 is 0.393 bits per heavy atom. The lowest BCUT2D eigenvalue weighted by Gasteiger charge is -2.23. The van der Waals surface area contributed by atoms with Gasteiger partial charge in [0, 0.05) is 33.4 Å². The smallest absolute Gasteiger partial charge is 0.127 e. The lowest BCUT2D eigenvalue weighted by atomic mass is 9.90. The molecule has 0 heterocycles. The Kier molecular flexibility index (Phi) is 15.5. The Morgan fingerprint density at radius 2 is 0.643 bits per heavy atom. The van der Waals surface area contributed by atoms with Gasteiger partial charge < -0.3 is 28.4 Å². The average molecular weight is 761 g/mol. The molecule has 6 heteroatoms. The van der Waals surface area contributed by atoms with Crippen LogP contribution in [0.25, 0.3) is 36.5 Å². The van der Waals surface area contributed by atoms with Gasteiger partial charge in [-0.25, -0.2) is 0 Å². The van der Waals surface area contributed by atoms with Crippen LogP contribution in [-0.4, -0.2) is 41.2 Å². The van der Waals surface area contributed by atoms with Gasteiger partial charge in [0.25, 0.3) is 0 Å². The third-order valence-electron chi connectivity index (χ3n) is 12.0. The predicted octanol–water partition coefficient (Wildman–Crippen LogP) is 13.2. The molecule has 3 aromatic carbocycles. The SMILES string of the molecule is C=Cc1cc(OCC2CCCCC2)c(/C=C/c2cc(OCC3CCCCC3)c(/C=C/c3cc(OCC4CCCCC4)c(C=C)cc3OC)cc2OC)cc1OC. The lowest BCUT2D eigenvalue weighted by molar-refractivity contribution is 0.208. The maximum absolute atomic E-state index is 6.71. The van der Waals surface area contributed by atoms with Crippen molar-refractivity contribution in [1.82, 2.24) is 0 Å². The molecule has 0 amide bonds. The maximum atomic E-state index is 6.71. The fourth-order valence-electron chi connectivity index (χ4n) is 8.56. The number of hydrogen-bond donors (Lipinski definition) is 0. The molecule has 0 aromatic heterocycles. The third-order valence-corrected chi connectivity index (χ3v) is 12.0. The first kappa shape index (κ1) is 41.1. The van der Waals surface area contributed by atoms with Crippen molar-refractivity contribution < 1.29 is 28.4 Å². The Hall–Kier alpha value is -4.58. The maximum Gasteiger partial charge on any atom is 0.127 e. The second kappa shape index (κ2) is 21.1. The van der Waals surface area contributed by atoms with E-state index in [1.807, 2.05) is 30.4 Å². The molecule has 3 aliphatic rings. The van der Waals surface area contributed by atoms with Crippen molar-refractivity contribution in [3.63, 3.8) is 0 Å². The van der Waals surface area contributed by atoms with Crippen LogP contribution in [-0.2, 0) is 0 Å². The minimum atomic E-state index is 0.553. The van der Waals surface area contributed by atoms with Gasteiger partial charge in [-0.2, -0.15) is 0 Å². The van der Waals surface area contributed by atoms with Crippen LogP contribution in [0.4, 0.5) is 0 Å². The molecule has 0 aliphatic heterocycles. The monoisotopic (exact) mass is 760 g/mol. The van der Waals surface area contributed by atoms with Gasteiger partial charge in [-0.15, -0.1) is 0 Å². The van der Waals surface area contributed by atoms with Crippen LogP contribution < -0.4 is 28.4 Å². The fourth-order valence-corrected chi connectivity index (χ4v) is 8.56. The highest BCUT2D eigenvalue weighted by Crippen LogP contribution is 2.38. The van der Waals surface area contributed by atoms with E-state index in [1.165, 1.54) is 96.3 Å². The Balaban J connectivity index is 1.32. The standard InChI is InChI=1S/C50H64O6/c1-6-39-28-49(55-34-37-19-13-9-14-20-37)43(29-45(39)51-3)25-24-42-32-50(56-35-38-21-15-10-16-22-38)44(30-47(42)53-5)26-23-41-31-48(40(7-2)27-46(41)52-4)54-33-36-17-11-8-12-18-36/h6-7,23-32,36-38H,1-2,8-22,33-35H2,3-5H3/b25-24+,26-23+. The molecule has 300 valence electrons. The molecule has 3 aromatic rings. The van der Waals surface area contributed by atoms with Crippen LogP contribution in [0.3, 0.4) is 0 Å². The number of benzene rings is 3. The first-order valence-electron chi connectivity index (χ1n) is 21.2. The van der Waals surface area contributed by atoms with Crippen molar-refractivity contribution in [2.45, 2.75) is 96.3 Å². The zero-order valence-corrected chi connectivity index (χ0v) is 34.3. The molecule has 56 heavy (non-hydrogen) atoms. The summed E-state index contributed by atoms with van der Waals surface area (Å²) in [6.07, 6.45) is 31.0. The zero-order chi connectivity index (χ0) is 39.1. The Morgan fingerprint density at radius 3 is 0.982 bits per heavy atom. The van der Waals surface area contributed by atoms with E-state index in [-0.39, 0.29) is 0 Å². The zero-order valence-electron chi connectivity index (χ0n) is 34.3. The van der Waals surface area contributed by atoms with Crippen molar-refractivity contribution in [3.8, 4) is 34.5 Å². The molecular weight excluding hydrogens is 697 g/mol. The lowest BCUT2D eigenvalue weighted by Crippen LogP contribution is -2.15. The van der Waals surface area contributed by atoms with E-state index in [2.05, 4.69) is 55.7 Å². The highest BCUT2D eigenvalue weighted by Gasteiger charge is 2.19. The molecule has 0 unspecified atom stereocenters. The molecule has 0 N–H and O–H groups in total. The van der Waals surface area contributed by atoms with E-state index in [1.54, 1.807) is 21.3 Å². The van der Waals surface area contributed by atoms with Gasteiger partial charge in [0.2, 0.25) is 0 Å². The normalized spacial score (nSPS) is 17.2. The van der Waals surface area contributed by atoms with Gasteiger partial charge in [-0.05, 0) is 92.7 Å². The summed E-state index contributed by atoms with van der Waals surface area (Å²) in [6.45, 7) is 10.2. The van der Waals surface area contributed by atoms with Crippen molar-refractivity contribution in [1.29, 1.82) is 0 Å². The first-order chi connectivity index (χ1) is 27.5. The van der Waals surface area contributed by atoms with Crippen LogP contribution in [0.15, 0.2) is 49.6 Å². The van der Waals surface area contributed by atoms with Gasteiger partial charge in [0.1, 0.15) is 34.5 Å². The van der Waals surface area contributed by atoms with Crippen molar-refractivity contribution >= 4 is 36.5 Å². The number of methoxy groups -OCH3 is 3. The first-order valence-corrected chi connectivity index (χ1v) is 21.2. The summed E-state index contributed by atoms with van der Waals surface area (Å²) in [7, 11) is 5.12. The van der Waals surface area contributed by atoms with E-state index in [9.17, 15) is 0 Å². The molecule has 3 aliphatic carbocycles. The van der Waals surface area contributed by atoms with Crippen molar-refractivity contribution in [2.75, 3.05) is 41.2 Å². The van der Waals surface area contributed by atoms with E-state index < -0.39 is 0 Å². The highest BCUT2D eigenvalue weighted by atomic mass is 16.5. The second-order valence-electron chi connectivity index (χ2n) is 15.9. The third kappa shape index (κ3) is 11.0. The predicted molar refractivity (Wildman–Crippen MR) is 233 cm³/mol. The molecule has 6 nitrogen and oxygen atoms in total. The molecular formula is C50H64O6. The number of rotatable bonds is 18. The molecule has 0 spiro atoms. The largest absolute Gasteiger partial charge is 0.496 e. The number of ether oxygens (including phenoxy) is 6. The van der Waals surface area contributed by atoms with Gasteiger partial charge in [0.15, 0.2) is 0 Å². The van der Waals surface area contributed by atoms with Crippen LogP contribution in [0.5, 0.6) is 34.5 Å². The molecule has 0 bridgehead atoms. The summed E-state index contributed by atoms with van der Waals surface area (Å²) in [6, 6.07) is 12.3. The van der Waals surface area contributed by atoms with E-state index in [0.717, 1.165) is 74.5 Å². The van der Waals surface area contributed by atoms with Gasteiger partial charge in [-0.3, -0.25) is 0 Å². The minimum Gasteiger partial charge on any atom is -0.496 e. The quantitative estimate of drug-likeness (QED) is 0.120. The van der Waals surface area contributed by atoms with E-state index >= 15 is 0 Å². The molecule has 0 radical (unpaired) electrons. The highest BCUT2D eigenvalue weighted by molar-refractivity contribution is 5.82. The fraction of sp³-hybridized carbons (Fsp3) is 0.480. The van der Waals surface area contributed by atoms with Gasteiger partial charge in [0.05, 0.1) is 41.2 Å². The summed E-state index contributed by atoms with van der Waals surface area (Å²) in [5.41, 5.74) is 5.56. The molecule has 3 fully saturated rings. The topological polar surface area (TPSA) is 55.4 Å². The molecule has 3 saturated carbocycles. The Bertz CT molecular complexity index is 1800. The van der Waals surface area contributed by atoms with Crippen LogP contribution in [0.1, 0.15) is 130 Å². The second-order valence-corrected chi connectivity index (χ2v) is 15.9. The van der Waals surface area contributed by atoms with E-state index in [0.29, 0.717) is 31.0 Å². The van der Waals surface area contributed by atoms with Gasteiger partial charge >= 0.3 is 0 Å². The number of hydrogen-bond acceptors (Lipinski definition) is 6. The summed E-state index contributed by atoms with van der Waals surface area (Å²) in [5.74, 6) is 6.47. The Labute approximate surface area is 336 Å². The van der Waals surface area contributed by atoms with Gasteiger partial charge in [-0.1, -0.05) is 107 Å². The van der Waals surface area contributed by atoms with Crippen molar-refractivity contribution in [3.05, 3.63) is 82.9 Å². The van der Waals surface area contributed by atoms with Crippen LogP contribution >= 0.6 is 0 Å². The van der Waals surface area contributed by atoms with E-state index in [4.69, 9.17) is 28.4 Å². The molecule has 0 saturated heterocycles. The summed E-state index contributed by atoms with van der Waals surface area (Å²) in [5, 5.41) is 0. The average Bonchev–Trinajstić information content (AvgIpc) is 3.26. The molecule has 0 atom stereocenters. The summed E-state index contributed by atoms with van der Waals surface area (Å²) in [4.78, 5) is 0. The van der Waals surface area contributed by atoms with Crippen molar-refractivity contribution in [2.24, 2.45) is 17.8 Å². The molecule has 6 rings (SSSR count). The summed E-state index contributed by atoms with van der Waals surface area (Å²) >= 11 is 0. The summed E-state index contributed by atoms with van der Waals surface area (Å²) < 4.78 is 37.3.